The van der Waals surface area contributed by atoms with E-state index in [2.05, 4.69) is 30.9 Å². The van der Waals surface area contributed by atoms with Crippen LogP contribution in [0.3, 0.4) is 0 Å². The molecule has 33 heavy (non-hydrogen) atoms. The molecule has 0 aliphatic heterocycles. The number of rotatable bonds is 7. The van der Waals surface area contributed by atoms with Crippen LogP contribution in [0.2, 0.25) is 0 Å². The van der Waals surface area contributed by atoms with Gasteiger partial charge in [0.25, 0.3) is 5.91 Å². The van der Waals surface area contributed by atoms with Crippen LogP contribution in [-0.4, -0.2) is 51.9 Å². The maximum atomic E-state index is 12.4. The second-order valence-corrected chi connectivity index (χ2v) is 7.80. The van der Waals surface area contributed by atoms with Crippen molar-refractivity contribution in [2.75, 3.05) is 19.0 Å². The Kier molecular flexibility index (Phi) is 7.01. The van der Waals surface area contributed by atoms with Crippen molar-refractivity contribution < 1.29 is 23.5 Å². The van der Waals surface area contributed by atoms with Gasteiger partial charge in [-0.1, -0.05) is 0 Å². The zero-order valence-electron chi connectivity index (χ0n) is 18.6. The fraction of sp³-hybridized carbons (Fsp3) is 0.273. The number of carbonyl (C=O) groups excluding carboxylic acids is 3. The van der Waals surface area contributed by atoms with Gasteiger partial charge in [0.1, 0.15) is 11.4 Å². The first-order valence-electron chi connectivity index (χ1n) is 9.96. The van der Waals surface area contributed by atoms with E-state index >= 15 is 0 Å². The Labute approximate surface area is 190 Å². The zero-order valence-corrected chi connectivity index (χ0v) is 18.6. The number of amides is 3. The normalized spacial score (nSPS) is 10.9. The number of aromatic nitrogens is 3. The average Bonchev–Trinajstić information content (AvgIpc) is 3.32. The summed E-state index contributed by atoms with van der Waals surface area (Å²) in [5, 5.41) is 7.79. The van der Waals surface area contributed by atoms with Crippen LogP contribution in [-0.2, 0) is 9.59 Å². The number of benzene rings is 1. The molecule has 172 valence electrons. The van der Waals surface area contributed by atoms with Crippen LogP contribution in [0.15, 0.2) is 47.6 Å². The Morgan fingerprint density at radius 3 is 2.52 bits per heavy atom. The quantitative estimate of drug-likeness (QED) is 0.459. The van der Waals surface area contributed by atoms with Crippen molar-refractivity contribution >= 4 is 23.4 Å². The highest BCUT2D eigenvalue weighted by atomic mass is 16.5. The van der Waals surface area contributed by atoms with Crippen LogP contribution in [0.5, 0.6) is 5.75 Å². The van der Waals surface area contributed by atoms with Gasteiger partial charge in [0, 0.05) is 24.5 Å². The number of ether oxygens (including phenoxy) is 1. The molecule has 0 saturated carbocycles. The predicted molar refractivity (Wildman–Crippen MR) is 118 cm³/mol. The van der Waals surface area contributed by atoms with E-state index in [1.54, 1.807) is 39.0 Å². The third-order valence-corrected chi connectivity index (χ3v) is 4.52. The molecule has 1 aromatic carbocycles. The molecule has 11 nitrogen and oxygen atoms in total. The van der Waals surface area contributed by atoms with Crippen molar-refractivity contribution in [1.29, 1.82) is 0 Å². The first-order chi connectivity index (χ1) is 15.7. The summed E-state index contributed by atoms with van der Waals surface area (Å²) in [5.41, 5.74) is 0.946. The Bertz CT molecular complexity index is 1140. The zero-order chi connectivity index (χ0) is 24.0. The molecule has 3 amide bonds. The highest BCUT2D eigenvalue weighted by molar-refractivity contribution is 6.39. The molecule has 11 heteroatoms. The van der Waals surface area contributed by atoms with Crippen LogP contribution >= 0.6 is 0 Å². The summed E-state index contributed by atoms with van der Waals surface area (Å²) in [6.45, 7) is 5.18. The van der Waals surface area contributed by atoms with Crippen molar-refractivity contribution in [1.82, 2.24) is 25.6 Å². The molecule has 0 fully saturated rings. The molecule has 3 N–H and O–H groups in total. The largest absolute Gasteiger partial charge is 0.496 e. The van der Waals surface area contributed by atoms with Crippen molar-refractivity contribution in [3.05, 3.63) is 54.6 Å². The third-order valence-electron chi connectivity index (χ3n) is 4.52. The molecule has 0 bridgehead atoms. The van der Waals surface area contributed by atoms with Gasteiger partial charge in [-0.3, -0.25) is 19.4 Å². The summed E-state index contributed by atoms with van der Waals surface area (Å²) in [7, 11) is 1.48. The minimum absolute atomic E-state index is 0.0696. The topological polar surface area (TPSA) is 148 Å². The number of anilines is 1. The highest BCUT2D eigenvalue weighted by Gasteiger charge is 2.26. The Balaban J connectivity index is 1.57. The lowest BCUT2D eigenvalue weighted by atomic mass is 10.1. The third kappa shape index (κ3) is 6.12. The van der Waals surface area contributed by atoms with Crippen LogP contribution in [0.4, 0.5) is 5.69 Å². The van der Waals surface area contributed by atoms with Gasteiger partial charge in [0.15, 0.2) is 12.2 Å². The van der Waals surface area contributed by atoms with Crippen molar-refractivity contribution in [3.8, 4) is 17.1 Å². The van der Waals surface area contributed by atoms with Gasteiger partial charge in [-0.25, -0.2) is 9.97 Å². The Morgan fingerprint density at radius 2 is 1.88 bits per heavy atom. The highest BCUT2D eigenvalue weighted by Crippen LogP contribution is 2.32. The van der Waals surface area contributed by atoms with Gasteiger partial charge in [0.2, 0.25) is 0 Å². The fourth-order valence-electron chi connectivity index (χ4n) is 2.82. The number of hydrogen-bond donors (Lipinski definition) is 3. The van der Waals surface area contributed by atoms with Crippen LogP contribution in [0, 0.1) is 6.92 Å². The molecule has 2 heterocycles. The lowest BCUT2D eigenvalue weighted by Crippen LogP contribution is -2.54. The van der Waals surface area contributed by atoms with Crippen molar-refractivity contribution in [3.63, 3.8) is 0 Å². The van der Waals surface area contributed by atoms with Gasteiger partial charge in [0.05, 0.1) is 36.3 Å². The van der Waals surface area contributed by atoms with E-state index in [9.17, 15) is 14.4 Å². The maximum Gasteiger partial charge on any atom is 0.313 e. The van der Waals surface area contributed by atoms with Gasteiger partial charge >= 0.3 is 11.8 Å². The summed E-state index contributed by atoms with van der Waals surface area (Å²) in [6, 6.07) is 4.86. The predicted octanol–water partition coefficient (Wildman–Crippen LogP) is 1.71. The number of nitrogens with one attached hydrogen (secondary N) is 3. The molecule has 0 aliphatic rings. The van der Waals surface area contributed by atoms with Gasteiger partial charge < -0.3 is 25.1 Å². The molecule has 0 radical (unpaired) electrons. The SMILES string of the molecule is COc1cc(NC(=O)C(=O)NC(C)(C)CNC(=O)c2cnc(C)cn2)ccc1-c1cnco1. The fourth-order valence-corrected chi connectivity index (χ4v) is 2.82. The van der Waals surface area contributed by atoms with E-state index in [1.165, 1.54) is 32.1 Å². The van der Waals surface area contributed by atoms with Gasteiger partial charge in [-0.15, -0.1) is 0 Å². The number of hydrogen-bond acceptors (Lipinski definition) is 8. The second kappa shape index (κ2) is 9.90. The lowest BCUT2D eigenvalue weighted by molar-refractivity contribution is -0.137. The average molecular weight is 452 g/mol. The summed E-state index contributed by atoms with van der Waals surface area (Å²) < 4.78 is 10.6. The number of carbonyl (C=O) groups is 3. The van der Waals surface area contributed by atoms with Crippen molar-refractivity contribution in [2.24, 2.45) is 0 Å². The van der Waals surface area contributed by atoms with Crippen molar-refractivity contribution in [2.45, 2.75) is 26.3 Å². The van der Waals surface area contributed by atoms with Crippen LogP contribution in [0.1, 0.15) is 30.0 Å². The lowest BCUT2D eigenvalue weighted by Gasteiger charge is -2.26. The number of aryl methyl sites for hydroxylation is 1. The van der Waals surface area contributed by atoms with Crippen LogP contribution < -0.4 is 20.7 Å². The summed E-state index contributed by atoms with van der Waals surface area (Å²) in [6.07, 6.45) is 5.69. The van der Waals surface area contributed by atoms with E-state index in [-0.39, 0.29) is 12.2 Å². The van der Waals surface area contributed by atoms with Gasteiger partial charge in [-0.2, -0.15) is 0 Å². The van der Waals surface area contributed by atoms with Crippen LogP contribution in [0.25, 0.3) is 11.3 Å². The molecule has 3 rings (SSSR count). The standard InChI is InChI=1S/C22H24N6O5/c1-13-8-25-16(9-24-13)19(29)26-11-22(2,3)28-21(31)20(30)27-14-5-6-15(17(7-14)32-4)18-10-23-12-33-18/h5-10,12H,11H2,1-4H3,(H,26,29)(H,27,30)(H,28,31). The molecule has 3 aromatic rings. The smallest absolute Gasteiger partial charge is 0.313 e. The molecule has 0 saturated heterocycles. The first kappa shape index (κ1) is 23.4. The summed E-state index contributed by atoms with van der Waals surface area (Å²) in [4.78, 5) is 48.9. The first-order valence-corrected chi connectivity index (χ1v) is 9.96. The van der Waals surface area contributed by atoms with Gasteiger partial charge in [-0.05, 0) is 32.9 Å². The molecule has 0 unspecified atom stereocenters. The molecule has 0 spiro atoms. The maximum absolute atomic E-state index is 12.4. The minimum atomic E-state index is -0.907. The van der Waals surface area contributed by atoms with E-state index < -0.39 is 23.3 Å². The van der Waals surface area contributed by atoms with E-state index in [1.807, 2.05) is 0 Å². The van der Waals surface area contributed by atoms with E-state index in [0.717, 1.165) is 0 Å². The monoisotopic (exact) mass is 452 g/mol. The Hall–Kier alpha value is -4.28. The van der Waals surface area contributed by atoms with E-state index in [0.29, 0.717) is 28.5 Å². The minimum Gasteiger partial charge on any atom is -0.496 e. The molecular weight excluding hydrogens is 428 g/mol. The second-order valence-electron chi connectivity index (χ2n) is 7.80. The number of nitrogens with zero attached hydrogens (tertiary/aromatic N) is 3. The Morgan fingerprint density at radius 1 is 1.09 bits per heavy atom. The number of oxazole rings is 1. The molecule has 2 aromatic heterocycles. The molecule has 0 aliphatic carbocycles. The summed E-state index contributed by atoms with van der Waals surface area (Å²) in [5.74, 6) is -1.22. The number of methoxy groups -OCH3 is 1. The van der Waals surface area contributed by atoms with E-state index in [4.69, 9.17) is 9.15 Å². The summed E-state index contributed by atoms with van der Waals surface area (Å²) >= 11 is 0. The molecule has 0 atom stereocenters. The molecular formula is C22H24N6O5.